The quantitative estimate of drug-likeness (QED) is 0.565. The second-order valence-electron chi connectivity index (χ2n) is 7.09. The standard InChI is InChI=1S/C22H24N2O2S/c25-22(26)17-6-7-20-19(14-17)18(15-23-20)4-1-2-10-24-11-8-16(9-12-24)21-5-3-13-27-21/h3,5-8,13-15,23H,1-2,4,9-12H2,(H,25,26). The molecule has 2 aromatic heterocycles. The van der Waals surface area contributed by atoms with E-state index in [4.69, 9.17) is 0 Å². The van der Waals surface area contributed by atoms with Crippen LogP contribution in [0, 0.1) is 0 Å². The van der Waals surface area contributed by atoms with Crippen LogP contribution in [-0.4, -0.2) is 40.6 Å². The predicted molar refractivity (Wildman–Crippen MR) is 112 cm³/mol. The Balaban J connectivity index is 1.28. The van der Waals surface area contributed by atoms with Gasteiger partial charge in [-0.05, 0) is 73.0 Å². The van der Waals surface area contributed by atoms with Crippen LogP contribution in [0.4, 0.5) is 0 Å². The van der Waals surface area contributed by atoms with Crippen molar-refractivity contribution in [2.24, 2.45) is 0 Å². The molecule has 4 rings (SSSR count). The summed E-state index contributed by atoms with van der Waals surface area (Å²) in [6.07, 6.45) is 8.79. The van der Waals surface area contributed by atoms with Crippen LogP contribution in [0.2, 0.25) is 0 Å². The maximum absolute atomic E-state index is 11.2. The predicted octanol–water partition coefficient (Wildman–Crippen LogP) is 5.04. The Labute approximate surface area is 163 Å². The summed E-state index contributed by atoms with van der Waals surface area (Å²) < 4.78 is 0. The van der Waals surface area contributed by atoms with Gasteiger partial charge in [0.25, 0.3) is 0 Å². The van der Waals surface area contributed by atoms with Gasteiger partial charge in [-0.3, -0.25) is 4.90 Å². The number of hydrogen-bond acceptors (Lipinski definition) is 3. The number of nitrogens with one attached hydrogen (secondary N) is 1. The van der Waals surface area contributed by atoms with Gasteiger partial charge < -0.3 is 10.1 Å². The molecule has 5 heteroatoms. The fourth-order valence-corrected chi connectivity index (χ4v) is 4.57. The SMILES string of the molecule is O=C(O)c1ccc2[nH]cc(CCCCN3CC=C(c4cccs4)CC3)c2c1. The van der Waals surface area contributed by atoms with Crippen molar-refractivity contribution in [2.75, 3.05) is 19.6 Å². The fourth-order valence-electron chi connectivity index (χ4n) is 3.77. The van der Waals surface area contributed by atoms with Crippen molar-refractivity contribution in [1.29, 1.82) is 0 Å². The van der Waals surface area contributed by atoms with Crippen LogP contribution in [0.5, 0.6) is 0 Å². The molecule has 4 nitrogen and oxygen atoms in total. The molecule has 0 amide bonds. The van der Waals surface area contributed by atoms with Crippen molar-refractivity contribution in [2.45, 2.75) is 25.7 Å². The van der Waals surface area contributed by atoms with Crippen molar-refractivity contribution in [1.82, 2.24) is 9.88 Å². The Bertz CT molecular complexity index is 956. The van der Waals surface area contributed by atoms with E-state index in [0.717, 1.165) is 56.2 Å². The molecule has 140 valence electrons. The van der Waals surface area contributed by atoms with E-state index in [9.17, 15) is 9.90 Å². The Morgan fingerprint density at radius 1 is 1.26 bits per heavy atom. The second-order valence-corrected chi connectivity index (χ2v) is 8.04. The van der Waals surface area contributed by atoms with E-state index in [1.54, 1.807) is 12.1 Å². The van der Waals surface area contributed by atoms with Gasteiger partial charge in [-0.1, -0.05) is 12.1 Å². The minimum atomic E-state index is -0.871. The van der Waals surface area contributed by atoms with Crippen LogP contribution < -0.4 is 0 Å². The number of aromatic amines is 1. The number of fused-ring (bicyclic) bond motifs is 1. The summed E-state index contributed by atoms with van der Waals surface area (Å²) in [6.45, 7) is 3.30. The molecule has 0 saturated heterocycles. The maximum Gasteiger partial charge on any atom is 0.335 e. The lowest BCUT2D eigenvalue weighted by atomic mass is 10.0. The third kappa shape index (κ3) is 4.15. The van der Waals surface area contributed by atoms with Crippen molar-refractivity contribution < 1.29 is 9.90 Å². The summed E-state index contributed by atoms with van der Waals surface area (Å²) in [7, 11) is 0. The van der Waals surface area contributed by atoms with Crippen molar-refractivity contribution in [3.63, 3.8) is 0 Å². The second kappa shape index (κ2) is 8.11. The van der Waals surface area contributed by atoms with E-state index < -0.39 is 5.97 Å². The summed E-state index contributed by atoms with van der Waals surface area (Å²) in [5.74, 6) is -0.871. The molecule has 1 aliphatic rings. The Morgan fingerprint density at radius 3 is 2.93 bits per heavy atom. The highest BCUT2D eigenvalue weighted by molar-refractivity contribution is 7.11. The Hall–Kier alpha value is -2.37. The van der Waals surface area contributed by atoms with Crippen molar-refractivity contribution in [3.8, 4) is 0 Å². The molecule has 0 atom stereocenters. The lowest BCUT2D eigenvalue weighted by Crippen LogP contribution is -2.29. The van der Waals surface area contributed by atoms with E-state index >= 15 is 0 Å². The number of rotatable bonds is 7. The first kappa shape index (κ1) is 18.0. The summed E-state index contributed by atoms with van der Waals surface area (Å²) in [5, 5.41) is 12.4. The topological polar surface area (TPSA) is 56.3 Å². The average molecular weight is 381 g/mol. The molecule has 3 aromatic rings. The third-order valence-corrected chi connectivity index (χ3v) is 6.26. The minimum absolute atomic E-state index is 0.352. The number of carboxylic acids is 1. The zero-order valence-electron chi connectivity index (χ0n) is 15.3. The van der Waals surface area contributed by atoms with Crippen LogP contribution in [-0.2, 0) is 6.42 Å². The first-order chi connectivity index (χ1) is 13.2. The van der Waals surface area contributed by atoms with Gasteiger partial charge >= 0.3 is 5.97 Å². The summed E-state index contributed by atoms with van der Waals surface area (Å²) in [5.41, 5.74) is 4.07. The highest BCUT2D eigenvalue weighted by atomic mass is 32.1. The number of benzene rings is 1. The van der Waals surface area contributed by atoms with Gasteiger partial charge in [0.2, 0.25) is 0 Å². The first-order valence-corrected chi connectivity index (χ1v) is 10.4. The molecule has 0 spiro atoms. The summed E-state index contributed by atoms with van der Waals surface area (Å²) in [4.78, 5) is 18.4. The highest BCUT2D eigenvalue weighted by Crippen LogP contribution is 2.26. The van der Waals surface area contributed by atoms with Gasteiger partial charge in [0, 0.05) is 35.1 Å². The molecule has 0 radical (unpaired) electrons. The van der Waals surface area contributed by atoms with Gasteiger partial charge in [0.1, 0.15) is 0 Å². The number of aromatic carboxylic acids is 1. The molecular formula is C22H24N2O2S. The van der Waals surface area contributed by atoms with Gasteiger partial charge in [0.15, 0.2) is 0 Å². The highest BCUT2D eigenvalue weighted by Gasteiger charge is 2.13. The molecule has 0 saturated carbocycles. The average Bonchev–Trinajstić information content (AvgIpc) is 3.35. The molecule has 1 aromatic carbocycles. The molecule has 1 aliphatic heterocycles. The fraction of sp³-hybridized carbons (Fsp3) is 0.318. The van der Waals surface area contributed by atoms with Gasteiger partial charge in [0.05, 0.1) is 5.56 Å². The van der Waals surface area contributed by atoms with Crippen LogP contribution in [0.3, 0.4) is 0 Å². The number of nitrogens with zero attached hydrogens (tertiary/aromatic N) is 1. The monoisotopic (exact) mass is 380 g/mol. The number of aryl methyl sites for hydroxylation is 1. The number of H-pyrrole nitrogens is 1. The number of carboxylic acid groups (broad SMARTS) is 1. The lowest BCUT2D eigenvalue weighted by molar-refractivity contribution is 0.0697. The lowest BCUT2D eigenvalue weighted by Gasteiger charge is -2.25. The van der Waals surface area contributed by atoms with E-state index in [-0.39, 0.29) is 0 Å². The van der Waals surface area contributed by atoms with E-state index in [1.165, 1.54) is 16.0 Å². The zero-order valence-corrected chi connectivity index (χ0v) is 16.1. The number of hydrogen-bond donors (Lipinski definition) is 2. The summed E-state index contributed by atoms with van der Waals surface area (Å²) in [6, 6.07) is 9.62. The van der Waals surface area contributed by atoms with Gasteiger partial charge in [-0.2, -0.15) is 0 Å². The van der Waals surface area contributed by atoms with Crippen LogP contribution in [0.15, 0.2) is 48.0 Å². The number of unbranched alkanes of at least 4 members (excludes halogenated alkanes) is 1. The molecule has 0 bridgehead atoms. The number of carbonyl (C=O) groups is 1. The molecule has 3 heterocycles. The summed E-state index contributed by atoms with van der Waals surface area (Å²) >= 11 is 1.83. The normalized spacial score (nSPS) is 15.2. The molecule has 27 heavy (non-hydrogen) atoms. The van der Waals surface area contributed by atoms with Crippen molar-refractivity contribution in [3.05, 3.63) is 64.0 Å². The van der Waals surface area contributed by atoms with E-state index in [2.05, 4.69) is 33.5 Å². The largest absolute Gasteiger partial charge is 0.478 e. The first-order valence-electron chi connectivity index (χ1n) is 9.49. The number of thiophene rings is 1. The van der Waals surface area contributed by atoms with Crippen molar-refractivity contribution >= 4 is 33.8 Å². The Morgan fingerprint density at radius 2 is 2.19 bits per heavy atom. The van der Waals surface area contributed by atoms with Crippen LogP contribution in [0.25, 0.3) is 16.5 Å². The maximum atomic E-state index is 11.2. The van der Waals surface area contributed by atoms with E-state index in [0.29, 0.717) is 5.56 Å². The smallest absolute Gasteiger partial charge is 0.335 e. The molecule has 0 unspecified atom stereocenters. The number of aromatic nitrogens is 1. The molecule has 0 aliphatic carbocycles. The Kier molecular flexibility index (Phi) is 5.41. The minimum Gasteiger partial charge on any atom is -0.478 e. The molecular weight excluding hydrogens is 356 g/mol. The van der Waals surface area contributed by atoms with Gasteiger partial charge in [-0.15, -0.1) is 11.3 Å². The molecule has 0 fully saturated rings. The molecule has 2 N–H and O–H groups in total. The van der Waals surface area contributed by atoms with Crippen LogP contribution >= 0.6 is 11.3 Å². The van der Waals surface area contributed by atoms with Gasteiger partial charge in [-0.25, -0.2) is 4.79 Å². The van der Waals surface area contributed by atoms with E-state index in [1.807, 2.05) is 23.6 Å². The van der Waals surface area contributed by atoms with Crippen LogP contribution in [0.1, 0.15) is 40.1 Å². The zero-order chi connectivity index (χ0) is 18.6. The third-order valence-electron chi connectivity index (χ3n) is 5.32.